The number of hydrogen-bond acceptors (Lipinski definition) is 2. The highest BCUT2D eigenvalue weighted by Gasteiger charge is 2.60. The minimum absolute atomic E-state index is 0.146. The number of rotatable bonds is 3. The fourth-order valence-electron chi connectivity index (χ4n) is 2.67. The molecule has 2 rings (SSSR count). The third-order valence-electron chi connectivity index (χ3n) is 3.59. The van der Waals surface area contributed by atoms with Crippen molar-refractivity contribution in [1.82, 2.24) is 0 Å². The van der Waals surface area contributed by atoms with Crippen LogP contribution in [0.5, 0.6) is 0 Å². The van der Waals surface area contributed by atoms with E-state index in [1.165, 1.54) is 18.2 Å². The van der Waals surface area contributed by atoms with Crippen molar-refractivity contribution < 1.29 is 9.53 Å². The lowest BCUT2D eigenvalue weighted by Crippen LogP contribution is -2.24. The van der Waals surface area contributed by atoms with E-state index >= 15 is 0 Å². The number of methoxy groups -OCH3 is 1. The molecule has 0 saturated heterocycles. The maximum absolute atomic E-state index is 12.0. The van der Waals surface area contributed by atoms with Crippen LogP contribution in [0.4, 0.5) is 0 Å². The van der Waals surface area contributed by atoms with E-state index in [-0.39, 0.29) is 11.9 Å². The number of allylic oxidation sites excluding steroid dienone is 1. The van der Waals surface area contributed by atoms with Crippen LogP contribution in [0.15, 0.2) is 30.9 Å². The Balaban J connectivity index is 2.48. The molecule has 1 aromatic rings. The Bertz CT molecular complexity index is 456. The highest BCUT2D eigenvalue weighted by Crippen LogP contribution is 2.56. The van der Waals surface area contributed by atoms with Gasteiger partial charge in [0, 0.05) is 0 Å². The summed E-state index contributed by atoms with van der Waals surface area (Å²) < 4.78 is 4.96. The van der Waals surface area contributed by atoms with Crippen LogP contribution < -0.4 is 0 Å². The molecular weight excluding hydrogens is 212 g/mol. The Morgan fingerprint density at radius 2 is 2.00 bits per heavy atom. The molecule has 2 nitrogen and oxygen atoms in total. The van der Waals surface area contributed by atoms with Gasteiger partial charge in [-0.2, -0.15) is 0 Å². The quantitative estimate of drug-likeness (QED) is 0.589. The zero-order chi connectivity index (χ0) is 12.6. The van der Waals surface area contributed by atoms with E-state index in [1.807, 2.05) is 19.9 Å². The topological polar surface area (TPSA) is 26.3 Å². The van der Waals surface area contributed by atoms with Crippen molar-refractivity contribution in [3.8, 4) is 0 Å². The summed E-state index contributed by atoms with van der Waals surface area (Å²) in [5.41, 5.74) is 2.94. The van der Waals surface area contributed by atoms with Gasteiger partial charge in [-0.25, -0.2) is 0 Å². The van der Waals surface area contributed by atoms with Crippen molar-refractivity contribution in [2.24, 2.45) is 5.92 Å². The summed E-state index contributed by atoms with van der Waals surface area (Å²) in [6, 6.07) is 6.26. The second-order valence-corrected chi connectivity index (χ2v) is 4.89. The summed E-state index contributed by atoms with van der Waals surface area (Å²) in [5.74, 6) is 0.0588. The van der Waals surface area contributed by atoms with Gasteiger partial charge < -0.3 is 4.74 Å². The molecule has 0 spiro atoms. The van der Waals surface area contributed by atoms with Gasteiger partial charge in [-0.3, -0.25) is 4.79 Å². The average Bonchev–Trinajstić information content (AvgIpc) is 3.02. The first-order chi connectivity index (χ1) is 8.04. The van der Waals surface area contributed by atoms with Gasteiger partial charge in [0.25, 0.3) is 0 Å². The van der Waals surface area contributed by atoms with Gasteiger partial charge in [0.15, 0.2) is 0 Å². The van der Waals surface area contributed by atoms with Crippen LogP contribution in [-0.4, -0.2) is 13.1 Å². The molecule has 0 radical (unpaired) electrons. The van der Waals surface area contributed by atoms with Crippen LogP contribution in [0.3, 0.4) is 0 Å². The molecule has 17 heavy (non-hydrogen) atoms. The summed E-state index contributed by atoms with van der Waals surface area (Å²) >= 11 is 0. The Hall–Kier alpha value is -1.57. The Morgan fingerprint density at radius 3 is 2.41 bits per heavy atom. The molecule has 0 amide bonds. The molecular formula is C15H18O2. The van der Waals surface area contributed by atoms with E-state index in [2.05, 4.69) is 24.8 Å². The molecule has 0 N–H and O–H groups in total. The largest absolute Gasteiger partial charge is 0.468 e. The highest BCUT2D eigenvalue weighted by molar-refractivity contribution is 5.88. The zero-order valence-electron chi connectivity index (χ0n) is 10.6. The van der Waals surface area contributed by atoms with Gasteiger partial charge in [0.05, 0.1) is 12.5 Å². The smallest absolute Gasteiger partial charge is 0.316 e. The van der Waals surface area contributed by atoms with Crippen LogP contribution in [0.1, 0.15) is 23.1 Å². The van der Waals surface area contributed by atoms with E-state index in [4.69, 9.17) is 4.74 Å². The number of hydrogen-bond donors (Lipinski definition) is 0. The minimum atomic E-state index is -0.479. The summed E-state index contributed by atoms with van der Waals surface area (Å²) in [7, 11) is 1.45. The molecule has 1 aromatic carbocycles. The van der Waals surface area contributed by atoms with Crippen molar-refractivity contribution in [3.63, 3.8) is 0 Å². The molecule has 2 heteroatoms. The Labute approximate surface area is 102 Å². The van der Waals surface area contributed by atoms with Crippen molar-refractivity contribution in [2.45, 2.75) is 25.7 Å². The summed E-state index contributed by atoms with van der Waals surface area (Å²) in [4.78, 5) is 12.0. The first kappa shape index (κ1) is 11.9. The molecule has 0 heterocycles. The van der Waals surface area contributed by atoms with Crippen LogP contribution in [-0.2, 0) is 14.9 Å². The first-order valence-corrected chi connectivity index (χ1v) is 5.84. The maximum Gasteiger partial charge on any atom is 0.316 e. The molecule has 1 fully saturated rings. The predicted octanol–water partition coefficient (Wildman–Crippen LogP) is 2.92. The standard InChI is InChI=1S/C15H18O2/c1-5-12-9-15(12,14(16)17-4)13-7-10(2)6-11(3)8-13/h5-8,12H,1,9H2,2-4H3/t12-,15+/m1/s1. The number of esters is 1. The van der Waals surface area contributed by atoms with E-state index in [0.717, 1.165) is 12.0 Å². The number of carbonyl (C=O) groups excluding carboxylic acids is 1. The van der Waals surface area contributed by atoms with Crippen LogP contribution >= 0.6 is 0 Å². The van der Waals surface area contributed by atoms with Crippen molar-refractivity contribution in [1.29, 1.82) is 0 Å². The third-order valence-corrected chi connectivity index (χ3v) is 3.59. The van der Waals surface area contributed by atoms with Crippen LogP contribution in [0, 0.1) is 19.8 Å². The molecule has 1 aliphatic carbocycles. The van der Waals surface area contributed by atoms with Gasteiger partial charge in [-0.1, -0.05) is 35.4 Å². The van der Waals surface area contributed by atoms with E-state index in [9.17, 15) is 4.79 Å². The van der Waals surface area contributed by atoms with Gasteiger partial charge in [-0.05, 0) is 31.7 Å². The summed E-state index contributed by atoms with van der Waals surface area (Å²) in [6.07, 6.45) is 2.67. The van der Waals surface area contributed by atoms with Crippen LogP contribution in [0.25, 0.3) is 0 Å². The van der Waals surface area contributed by atoms with Crippen molar-refractivity contribution >= 4 is 5.97 Å². The fraction of sp³-hybridized carbons (Fsp3) is 0.400. The molecule has 0 aromatic heterocycles. The number of carbonyl (C=O) groups is 1. The summed E-state index contributed by atoms with van der Waals surface area (Å²) in [6.45, 7) is 7.89. The first-order valence-electron chi connectivity index (χ1n) is 5.84. The third kappa shape index (κ3) is 1.78. The molecule has 0 aliphatic heterocycles. The Morgan fingerprint density at radius 1 is 1.41 bits per heavy atom. The molecule has 0 bridgehead atoms. The summed E-state index contributed by atoms with van der Waals surface area (Å²) in [5, 5.41) is 0. The number of aryl methyl sites for hydroxylation is 2. The van der Waals surface area contributed by atoms with E-state index in [1.54, 1.807) is 0 Å². The Kier molecular flexibility index (Phi) is 2.82. The van der Waals surface area contributed by atoms with Crippen LogP contribution in [0.2, 0.25) is 0 Å². The molecule has 1 saturated carbocycles. The zero-order valence-corrected chi connectivity index (χ0v) is 10.6. The SMILES string of the molecule is C=C[C@@H]1C[C@@]1(C(=O)OC)c1cc(C)cc(C)c1. The van der Waals surface area contributed by atoms with Gasteiger partial charge in [0.2, 0.25) is 0 Å². The number of benzene rings is 1. The second-order valence-electron chi connectivity index (χ2n) is 4.89. The van der Waals surface area contributed by atoms with E-state index < -0.39 is 5.41 Å². The van der Waals surface area contributed by atoms with Gasteiger partial charge >= 0.3 is 5.97 Å². The fourth-order valence-corrected chi connectivity index (χ4v) is 2.67. The monoisotopic (exact) mass is 230 g/mol. The highest BCUT2D eigenvalue weighted by atomic mass is 16.5. The molecule has 90 valence electrons. The lowest BCUT2D eigenvalue weighted by atomic mass is 9.90. The molecule has 2 atom stereocenters. The van der Waals surface area contributed by atoms with Gasteiger partial charge in [0.1, 0.15) is 0 Å². The lowest BCUT2D eigenvalue weighted by Gasteiger charge is -2.16. The lowest BCUT2D eigenvalue weighted by molar-refractivity contribution is -0.144. The molecule has 0 unspecified atom stereocenters. The van der Waals surface area contributed by atoms with E-state index in [0.29, 0.717) is 0 Å². The normalized spacial score (nSPS) is 26.4. The minimum Gasteiger partial charge on any atom is -0.468 e. The molecule has 1 aliphatic rings. The predicted molar refractivity (Wildman–Crippen MR) is 67.9 cm³/mol. The average molecular weight is 230 g/mol. The number of ether oxygens (including phenoxy) is 1. The van der Waals surface area contributed by atoms with Crippen molar-refractivity contribution in [3.05, 3.63) is 47.5 Å². The van der Waals surface area contributed by atoms with Crippen molar-refractivity contribution in [2.75, 3.05) is 7.11 Å². The van der Waals surface area contributed by atoms with Gasteiger partial charge in [-0.15, -0.1) is 6.58 Å². The maximum atomic E-state index is 12.0. The second kappa shape index (κ2) is 4.02.